The first kappa shape index (κ1) is 22.7. The average molecular weight is 496 g/mol. The molecule has 1 unspecified atom stereocenters. The van der Waals surface area contributed by atoms with Crippen molar-refractivity contribution in [2.75, 3.05) is 32.7 Å². The summed E-state index contributed by atoms with van der Waals surface area (Å²) in [6.07, 6.45) is 7.42. The van der Waals surface area contributed by atoms with E-state index >= 15 is 0 Å². The molecule has 1 aromatic carbocycles. The number of guanidine groups is 1. The number of aryl methyl sites for hydroxylation is 1. The van der Waals surface area contributed by atoms with E-state index in [1.165, 1.54) is 31.5 Å². The van der Waals surface area contributed by atoms with Gasteiger partial charge in [-0.2, -0.15) is 5.10 Å². The van der Waals surface area contributed by atoms with Gasteiger partial charge in [-0.1, -0.05) is 30.3 Å². The van der Waals surface area contributed by atoms with Crippen molar-refractivity contribution in [2.24, 2.45) is 4.99 Å². The lowest BCUT2D eigenvalue weighted by atomic mass is 10.1. The lowest BCUT2D eigenvalue weighted by molar-refractivity contribution is 0.251. The SMILES string of the molecule is CCNC(=NCC(c1ccccc1)N1CCCC1)NCCCn1cccn1.I. The predicted molar refractivity (Wildman–Crippen MR) is 126 cm³/mol. The minimum absolute atomic E-state index is 0. The molecule has 1 aliphatic heterocycles. The van der Waals surface area contributed by atoms with E-state index in [4.69, 9.17) is 4.99 Å². The molecule has 0 bridgehead atoms. The van der Waals surface area contributed by atoms with E-state index in [1.807, 2.05) is 23.1 Å². The van der Waals surface area contributed by atoms with Crippen molar-refractivity contribution in [1.29, 1.82) is 0 Å². The molecule has 0 radical (unpaired) electrons. The molecular weight excluding hydrogens is 463 g/mol. The molecule has 0 aliphatic carbocycles. The first-order chi connectivity index (χ1) is 13.4. The fourth-order valence-corrected chi connectivity index (χ4v) is 3.56. The Labute approximate surface area is 185 Å². The molecule has 1 aliphatic rings. The number of likely N-dealkylation sites (tertiary alicyclic amines) is 1. The van der Waals surface area contributed by atoms with E-state index in [0.29, 0.717) is 6.04 Å². The monoisotopic (exact) mass is 496 g/mol. The van der Waals surface area contributed by atoms with Crippen molar-refractivity contribution in [2.45, 2.75) is 38.8 Å². The molecule has 2 heterocycles. The number of aliphatic imine (C=N–C) groups is 1. The fraction of sp³-hybridized carbons (Fsp3) is 0.524. The first-order valence-corrected chi connectivity index (χ1v) is 10.2. The first-order valence-electron chi connectivity index (χ1n) is 10.2. The largest absolute Gasteiger partial charge is 0.357 e. The second-order valence-corrected chi connectivity index (χ2v) is 6.94. The quantitative estimate of drug-likeness (QED) is 0.242. The van der Waals surface area contributed by atoms with Gasteiger partial charge in [-0.15, -0.1) is 24.0 Å². The van der Waals surface area contributed by atoms with Crippen molar-refractivity contribution in [3.05, 3.63) is 54.4 Å². The Morgan fingerprint density at radius 1 is 1.14 bits per heavy atom. The molecular formula is C21H33IN6. The Morgan fingerprint density at radius 3 is 2.61 bits per heavy atom. The Kier molecular flexibility index (Phi) is 10.3. The highest BCUT2D eigenvalue weighted by molar-refractivity contribution is 14.0. The van der Waals surface area contributed by atoms with Gasteiger partial charge >= 0.3 is 0 Å². The third-order valence-corrected chi connectivity index (χ3v) is 4.95. The molecule has 0 amide bonds. The van der Waals surface area contributed by atoms with Gasteiger partial charge in [-0.3, -0.25) is 14.6 Å². The van der Waals surface area contributed by atoms with Crippen LogP contribution in [0.2, 0.25) is 0 Å². The van der Waals surface area contributed by atoms with Gasteiger partial charge in [0.25, 0.3) is 0 Å². The lowest BCUT2D eigenvalue weighted by Gasteiger charge is -2.27. The standard InChI is InChI=1S/C21H32N6.HI/c1-2-22-21(23-12-8-16-27-17-9-13-25-27)24-18-20(26-14-6-7-15-26)19-10-4-3-5-11-19;/h3-5,9-11,13,17,20H,2,6-8,12,14-16,18H2,1H3,(H2,22,23,24);1H. The maximum absolute atomic E-state index is 4.90. The minimum Gasteiger partial charge on any atom is -0.357 e. The molecule has 6 nitrogen and oxygen atoms in total. The van der Waals surface area contributed by atoms with E-state index < -0.39 is 0 Å². The predicted octanol–water partition coefficient (Wildman–Crippen LogP) is 3.28. The number of nitrogens with zero attached hydrogens (tertiary/aromatic N) is 4. The molecule has 2 aromatic rings. The van der Waals surface area contributed by atoms with Gasteiger partial charge in [-0.25, -0.2) is 0 Å². The van der Waals surface area contributed by atoms with Crippen LogP contribution in [0.4, 0.5) is 0 Å². The van der Waals surface area contributed by atoms with Crippen LogP contribution in [-0.2, 0) is 6.54 Å². The molecule has 1 aromatic heterocycles. The highest BCUT2D eigenvalue weighted by Gasteiger charge is 2.23. The Hall–Kier alpha value is -1.61. The normalized spacial score (nSPS) is 15.8. The zero-order valence-corrected chi connectivity index (χ0v) is 19.1. The number of halogens is 1. The van der Waals surface area contributed by atoms with Gasteiger partial charge in [0, 0.05) is 32.0 Å². The van der Waals surface area contributed by atoms with Gasteiger partial charge < -0.3 is 10.6 Å². The molecule has 1 saturated heterocycles. The number of hydrogen-bond donors (Lipinski definition) is 2. The summed E-state index contributed by atoms with van der Waals surface area (Å²) in [5.74, 6) is 0.901. The second-order valence-electron chi connectivity index (χ2n) is 6.94. The van der Waals surface area contributed by atoms with Gasteiger partial charge in [-0.05, 0) is 50.9 Å². The van der Waals surface area contributed by atoms with Gasteiger partial charge in [0.05, 0.1) is 12.6 Å². The molecule has 3 rings (SSSR count). The molecule has 2 N–H and O–H groups in total. The van der Waals surface area contributed by atoms with Crippen molar-refractivity contribution < 1.29 is 0 Å². The molecule has 154 valence electrons. The van der Waals surface area contributed by atoms with E-state index in [-0.39, 0.29) is 24.0 Å². The van der Waals surface area contributed by atoms with Crippen LogP contribution >= 0.6 is 24.0 Å². The molecule has 7 heteroatoms. The summed E-state index contributed by atoms with van der Waals surface area (Å²) < 4.78 is 1.96. The summed E-state index contributed by atoms with van der Waals surface area (Å²) >= 11 is 0. The Morgan fingerprint density at radius 2 is 1.93 bits per heavy atom. The molecule has 1 fully saturated rings. The average Bonchev–Trinajstić information content (AvgIpc) is 3.40. The van der Waals surface area contributed by atoms with Gasteiger partial charge in [0.2, 0.25) is 0 Å². The number of aromatic nitrogens is 2. The maximum Gasteiger partial charge on any atom is 0.191 e. The second kappa shape index (κ2) is 12.8. The molecule has 0 saturated carbocycles. The van der Waals surface area contributed by atoms with Crippen LogP contribution < -0.4 is 10.6 Å². The van der Waals surface area contributed by atoms with Crippen LogP contribution in [-0.4, -0.2) is 53.4 Å². The summed E-state index contributed by atoms with van der Waals surface area (Å²) in [6, 6.07) is 13.1. The number of nitrogens with one attached hydrogen (secondary N) is 2. The highest BCUT2D eigenvalue weighted by atomic mass is 127. The highest BCUT2D eigenvalue weighted by Crippen LogP contribution is 2.25. The maximum atomic E-state index is 4.90. The van der Waals surface area contributed by atoms with Crippen LogP contribution in [0.5, 0.6) is 0 Å². The van der Waals surface area contributed by atoms with Crippen molar-refractivity contribution in [3.8, 4) is 0 Å². The van der Waals surface area contributed by atoms with E-state index in [0.717, 1.165) is 38.6 Å². The van der Waals surface area contributed by atoms with Crippen LogP contribution in [0.15, 0.2) is 53.8 Å². The number of benzene rings is 1. The fourth-order valence-electron chi connectivity index (χ4n) is 3.56. The molecule has 0 spiro atoms. The summed E-state index contributed by atoms with van der Waals surface area (Å²) in [4.78, 5) is 7.47. The topological polar surface area (TPSA) is 57.5 Å². The Balaban J connectivity index is 0.00000280. The van der Waals surface area contributed by atoms with E-state index in [9.17, 15) is 0 Å². The Bertz CT molecular complexity index is 667. The van der Waals surface area contributed by atoms with Crippen LogP contribution in [0.1, 0.15) is 37.8 Å². The third-order valence-electron chi connectivity index (χ3n) is 4.95. The van der Waals surface area contributed by atoms with E-state index in [2.05, 4.69) is 57.9 Å². The van der Waals surface area contributed by atoms with Crippen LogP contribution in [0.25, 0.3) is 0 Å². The summed E-state index contributed by atoms with van der Waals surface area (Å²) in [5, 5.41) is 11.1. The molecule has 28 heavy (non-hydrogen) atoms. The minimum atomic E-state index is 0. The summed E-state index contributed by atoms with van der Waals surface area (Å²) in [5.41, 5.74) is 1.36. The van der Waals surface area contributed by atoms with Crippen molar-refractivity contribution >= 4 is 29.9 Å². The zero-order valence-electron chi connectivity index (χ0n) is 16.8. The van der Waals surface area contributed by atoms with Gasteiger partial charge in [0.1, 0.15) is 0 Å². The molecule has 1 atom stereocenters. The summed E-state index contributed by atoms with van der Waals surface area (Å²) in [7, 11) is 0. The van der Waals surface area contributed by atoms with Crippen molar-refractivity contribution in [1.82, 2.24) is 25.3 Å². The number of rotatable bonds is 9. The van der Waals surface area contributed by atoms with Gasteiger partial charge in [0.15, 0.2) is 5.96 Å². The third kappa shape index (κ3) is 7.09. The number of hydrogen-bond acceptors (Lipinski definition) is 3. The van der Waals surface area contributed by atoms with Crippen LogP contribution in [0, 0.1) is 0 Å². The zero-order chi connectivity index (χ0) is 18.7. The van der Waals surface area contributed by atoms with Crippen LogP contribution in [0.3, 0.4) is 0 Å². The van der Waals surface area contributed by atoms with Crippen molar-refractivity contribution in [3.63, 3.8) is 0 Å². The smallest absolute Gasteiger partial charge is 0.191 e. The summed E-state index contributed by atoms with van der Waals surface area (Å²) in [6.45, 7) is 7.89. The van der Waals surface area contributed by atoms with E-state index in [1.54, 1.807) is 0 Å². The lowest BCUT2D eigenvalue weighted by Crippen LogP contribution is -2.39.